The van der Waals surface area contributed by atoms with Crippen LogP contribution in [0.25, 0.3) is 6.08 Å². The van der Waals surface area contributed by atoms with Crippen LogP contribution in [0.15, 0.2) is 60.7 Å². The van der Waals surface area contributed by atoms with Gasteiger partial charge >= 0.3 is 12.1 Å². The predicted octanol–water partition coefficient (Wildman–Crippen LogP) is 4.14. The van der Waals surface area contributed by atoms with Gasteiger partial charge in [0.1, 0.15) is 0 Å². The molecule has 2 aromatic carbocycles. The largest absolute Gasteiger partial charge is 0.452 e. The Bertz CT molecular complexity index is 799. The number of carbonyl (C=O) groups is 2. The smallest absolute Gasteiger partial charge is 0.416 e. The first kappa shape index (κ1) is 20.2. The van der Waals surface area contributed by atoms with E-state index < -0.39 is 30.2 Å². The van der Waals surface area contributed by atoms with Gasteiger partial charge in [-0.1, -0.05) is 42.5 Å². The molecule has 27 heavy (non-hydrogen) atoms. The molecule has 0 saturated heterocycles. The summed E-state index contributed by atoms with van der Waals surface area (Å²) >= 11 is 0. The lowest BCUT2D eigenvalue weighted by atomic mass is 10.1. The summed E-state index contributed by atoms with van der Waals surface area (Å²) < 4.78 is 42.3. The van der Waals surface area contributed by atoms with Gasteiger partial charge < -0.3 is 10.1 Å². The Kier molecular flexibility index (Phi) is 6.76. The van der Waals surface area contributed by atoms with E-state index in [1.165, 1.54) is 18.2 Å². The summed E-state index contributed by atoms with van der Waals surface area (Å²) in [6.45, 7) is 1.35. The molecular weight excluding hydrogens is 359 g/mol. The van der Waals surface area contributed by atoms with E-state index in [0.717, 1.165) is 23.8 Å². The van der Waals surface area contributed by atoms with Gasteiger partial charge in [-0.25, -0.2) is 4.79 Å². The van der Waals surface area contributed by atoms with Gasteiger partial charge in [0.05, 0.1) is 11.6 Å². The van der Waals surface area contributed by atoms with E-state index in [2.05, 4.69) is 5.32 Å². The second kappa shape index (κ2) is 9.02. The Morgan fingerprint density at radius 3 is 2.30 bits per heavy atom. The van der Waals surface area contributed by atoms with Crippen molar-refractivity contribution in [3.63, 3.8) is 0 Å². The Labute approximate surface area is 154 Å². The normalized spacial score (nSPS) is 12.6. The highest BCUT2D eigenvalue weighted by atomic mass is 19.4. The summed E-state index contributed by atoms with van der Waals surface area (Å²) in [7, 11) is 0. The molecule has 1 amide bonds. The zero-order valence-electron chi connectivity index (χ0n) is 14.5. The van der Waals surface area contributed by atoms with Crippen molar-refractivity contribution < 1.29 is 27.5 Å². The lowest BCUT2D eigenvalue weighted by molar-refractivity contribution is -0.144. The van der Waals surface area contributed by atoms with E-state index in [4.69, 9.17) is 4.74 Å². The molecule has 0 aromatic heterocycles. The van der Waals surface area contributed by atoms with Crippen LogP contribution in [0.5, 0.6) is 0 Å². The maximum Gasteiger partial charge on any atom is 0.416 e. The van der Waals surface area contributed by atoms with Crippen LogP contribution in [0, 0.1) is 0 Å². The van der Waals surface area contributed by atoms with Gasteiger partial charge in [-0.3, -0.25) is 4.79 Å². The number of carbonyl (C=O) groups excluding carboxylic acids is 2. The fourth-order valence-electron chi connectivity index (χ4n) is 2.24. The van der Waals surface area contributed by atoms with Gasteiger partial charge in [0.25, 0.3) is 5.91 Å². The third-order valence-electron chi connectivity index (χ3n) is 3.67. The molecule has 2 rings (SSSR count). The number of hydrogen-bond donors (Lipinski definition) is 1. The van der Waals surface area contributed by atoms with Gasteiger partial charge in [-0.05, 0) is 36.3 Å². The summed E-state index contributed by atoms with van der Waals surface area (Å²) in [5.74, 6) is -1.22. The van der Waals surface area contributed by atoms with Crippen LogP contribution in [0.3, 0.4) is 0 Å². The molecule has 142 valence electrons. The monoisotopic (exact) mass is 377 g/mol. The first-order chi connectivity index (χ1) is 12.8. The zero-order chi connectivity index (χ0) is 19.9. The van der Waals surface area contributed by atoms with E-state index in [9.17, 15) is 22.8 Å². The number of halogens is 3. The molecule has 0 saturated carbocycles. The minimum atomic E-state index is -4.41. The van der Waals surface area contributed by atoms with E-state index in [-0.39, 0.29) is 6.04 Å². The average molecular weight is 377 g/mol. The van der Waals surface area contributed by atoms with E-state index >= 15 is 0 Å². The minimum absolute atomic E-state index is 0.236. The number of esters is 1. The average Bonchev–Trinajstić information content (AvgIpc) is 2.65. The van der Waals surface area contributed by atoms with Crippen LogP contribution in [0.1, 0.15) is 29.7 Å². The second-order valence-corrected chi connectivity index (χ2v) is 5.76. The van der Waals surface area contributed by atoms with Crippen molar-refractivity contribution in [3.8, 4) is 0 Å². The molecule has 0 radical (unpaired) electrons. The van der Waals surface area contributed by atoms with Crippen LogP contribution >= 0.6 is 0 Å². The fourth-order valence-corrected chi connectivity index (χ4v) is 2.24. The highest BCUT2D eigenvalue weighted by molar-refractivity contribution is 5.89. The maximum absolute atomic E-state index is 12.5. The number of rotatable bonds is 6. The number of amides is 1. The molecule has 1 atom stereocenters. The van der Waals surface area contributed by atoms with E-state index in [1.54, 1.807) is 6.92 Å². The molecule has 0 aliphatic rings. The molecule has 0 fully saturated rings. The standard InChI is InChI=1S/C20H18F3NO3/c1-14(16-5-3-2-4-6-16)24-18(25)13-27-19(26)12-9-15-7-10-17(11-8-15)20(21,22)23/h2-12,14H,13H2,1H3,(H,24,25)/b12-9+/t14-/m1/s1. The minimum Gasteiger partial charge on any atom is -0.452 e. The molecule has 4 nitrogen and oxygen atoms in total. The first-order valence-electron chi connectivity index (χ1n) is 8.12. The SMILES string of the molecule is C[C@@H](NC(=O)COC(=O)/C=C/c1ccc(C(F)(F)F)cc1)c1ccccc1. The maximum atomic E-state index is 12.5. The Morgan fingerprint density at radius 2 is 1.70 bits per heavy atom. The summed E-state index contributed by atoms with van der Waals surface area (Å²) in [6.07, 6.45) is -2.05. The summed E-state index contributed by atoms with van der Waals surface area (Å²) in [5, 5.41) is 2.70. The van der Waals surface area contributed by atoms with Gasteiger partial charge in [0.2, 0.25) is 0 Å². The highest BCUT2D eigenvalue weighted by Crippen LogP contribution is 2.29. The first-order valence-corrected chi connectivity index (χ1v) is 8.12. The van der Waals surface area contributed by atoms with Crippen LogP contribution < -0.4 is 5.32 Å². The molecule has 2 aromatic rings. The van der Waals surface area contributed by atoms with E-state index in [0.29, 0.717) is 5.56 Å². The fraction of sp³-hybridized carbons (Fsp3) is 0.200. The summed E-state index contributed by atoms with van der Waals surface area (Å²) in [6, 6.07) is 13.4. The molecule has 0 heterocycles. The molecule has 0 unspecified atom stereocenters. The highest BCUT2D eigenvalue weighted by Gasteiger charge is 2.29. The summed E-state index contributed by atoms with van der Waals surface area (Å²) in [5.41, 5.74) is 0.549. The van der Waals surface area contributed by atoms with Crippen molar-refractivity contribution in [1.29, 1.82) is 0 Å². The molecule has 0 aliphatic heterocycles. The third-order valence-corrected chi connectivity index (χ3v) is 3.67. The van der Waals surface area contributed by atoms with Crippen LogP contribution in [0.2, 0.25) is 0 Å². The van der Waals surface area contributed by atoms with Crippen LogP contribution in [-0.4, -0.2) is 18.5 Å². The lowest BCUT2D eigenvalue weighted by Gasteiger charge is -2.13. The second-order valence-electron chi connectivity index (χ2n) is 5.76. The van der Waals surface area contributed by atoms with Gasteiger partial charge in [0, 0.05) is 6.08 Å². The predicted molar refractivity (Wildman–Crippen MR) is 94.4 cm³/mol. The topological polar surface area (TPSA) is 55.4 Å². The van der Waals surface area contributed by atoms with Gasteiger partial charge in [-0.2, -0.15) is 13.2 Å². The molecule has 0 aliphatic carbocycles. The number of hydrogen-bond acceptors (Lipinski definition) is 3. The van der Waals surface area contributed by atoms with Crippen molar-refractivity contribution in [2.75, 3.05) is 6.61 Å². The van der Waals surface area contributed by atoms with E-state index in [1.807, 2.05) is 30.3 Å². The van der Waals surface area contributed by atoms with Crippen molar-refractivity contribution in [2.24, 2.45) is 0 Å². The molecule has 0 bridgehead atoms. The molecular formula is C20H18F3NO3. The van der Waals surface area contributed by atoms with Gasteiger partial charge in [0.15, 0.2) is 6.61 Å². The quantitative estimate of drug-likeness (QED) is 0.608. The lowest BCUT2D eigenvalue weighted by Crippen LogP contribution is -2.30. The van der Waals surface area contributed by atoms with Gasteiger partial charge in [-0.15, -0.1) is 0 Å². The number of ether oxygens (including phenoxy) is 1. The van der Waals surface area contributed by atoms with Crippen molar-refractivity contribution in [2.45, 2.75) is 19.1 Å². The van der Waals surface area contributed by atoms with Crippen molar-refractivity contribution in [3.05, 3.63) is 77.4 Å². The zero-order valence-corrected chi connectivity index (χ0v) is 14.5. The molecule has 1 N–H and O–H groups in total. The number of alkyl halides is 3. The number of nitrogens with one attached hydrogen (secondary N) is 1. The Balaban J connectivity index is 1.80. The summed E-state index contributed by atoms with van der Waals surface area (Å²) in [4.78, 5) is 23.5. The Morgan fingerprint density at radius 1 is 1.07 bits per heavy atom. The number of benzene rings is 2. The van der Waals surface area contributed by atoms with Crippen molar-refractivity contribution in [1.82, 2.24) is 5.32 Å². The molecule has 7 heteroatoms. The van der Waals surface area contributed by atoms with Crippen LogP contribution in [0.4, 0.5) is 13.2 Å². The van der Waals surface area contributed by atoms with Crippen LogP contribution in [-0.2, 0) is 20.5 Å². The third kappa shape index (κ3) is 6.62. The Hall–Kier alpha value is -3.09. The molecule has 0 spiro atoms. The van der Waals surface area contributed by atoms with Crippen molar-refractivity contribution >= 4 is 18.0 Å².